The summed E-state index contributed by atoms with van der Waals surface area (Å²) < 4.78 is 13.1. The highest BCUT2D eigenvalue weighted by atomic mass is 32.1. The monoisotopic (exact) mass is 547 g/mol. The SMILES string of the molecule is CC(C)(C)OC(=O)Nc1ccc(-c2cccs2)cc1CC(=O)c1ccc2c(c1)[nH]c[n+]2CCN1CCOCC1. The number of anilines is 1. The number of carbonyl (C=O) groups excluding carboxylic acids is 2. The van der Waals surface area contributed by atoms with E-state index in [2.05, 4.69) is 19.8 Å². The highest BCUT2D eigenvalue weighted by Gasteiger charge is 2.20. The minimum Gasteiger partial charge on any atom is -0.444 e. The average molecular weight is 548 g/mol. The van der Waals surface area contributed by atoms with Crippen molar-refractivity contribution in [2.24, 2.45) is 0 Å². The Bertz CT molecular complexity index is 1450. The standard InChI is InChI=1S/C30H34N4O4S/c1-30(2,3)38-29(36)32-24-8-6-22(28-5-4-16-39-28)17-23(24)19-27(35)21-7-9-26-25(18-21)31-20-34(26)11-10-33-12-14-37-15-13-33/h4-9,16-18,20H,10-15,19H2,1-3H3,(H,32,36)/p+1. The summed E-state index contributed by atoms with van der Waals surface area (Å²) >= 11 is 1.63. The summed E-state index contributed by atoms with van der Waals surface area (Å²) in [7, 11) is 0. The Hall–Kier alpha value is -3.53. The highest BCUT2D eigenvalue weighted by molar-refractivity contribution is 7.13. The van der Waals surface area contributed by atoms with Crippen LogP contribution in [0.3, 0.4) is 0 Å². The number of ketones is 1. The second-order valence-corrected chi connectivity index (χ2v) is 11.7. The van der Waals surface area contributed by atoms with Crippen molar-refractivity contribution in [3.63, 3.8) is 0 Å². The largest absolute Gasteiger partial charge is 0.444 e. The lowest BCUT2D eigenvalue weighted by Gasteiger charge is -2.25. The first kappa shape index (κ1) is 27.1. The topological polar surface area (TPSA) is 87.5 Å². The molecule has 5 rings (SSSR count). The molecule has 1 fully saturated rings. The summed E-state index contributed by atoms with van der Waals surface area (Å²) in [5.41, 5.74) is 4.29. The molecule has 0 bridgehead atoms. The molecule has 1 aliphatic heterocycles. The molecular formula is C30H35N4O4S+. The fourth-order valence-electron chi connectivity index (χ4n) is 4.70. The van der Waals surface area contributed by atoms with E-state index >= 15 is 0 Å². The van der Waals surface area contributed by atoms with Gasteiger partial charge in [0.1, 0.15) is 12.1 Å². The summed E-state index contributed by atoms with van der Waals surface area (Å²) in [5, 5.41) is 4.86. The van der Waals surface area contributed by atoms with Crippen molar-refractivity contribution in [3.8, 4) is 10.4 Å². The van der Waals surface area contributed by atoms with Crippen molar-refractivity contribution in [2.45, 2.75) is 39.3 Å². The van der Waals surface area contributed by atoms with E-state index in [1.807, 2.05) is 81.0 Å². The number of imidazole rings is 1. The predicted molar refractivity (Wildman–Crippen MR) is 153 cm³/mol. The summed E-state index contributed by atoms with van der Waals surface area (Å²) in [6.45, 7) is 10.8. The van der Waals surface area contributed by atoms with Crippen LogP contribution in [0.5, 0.6) is 0 Å². The van der Waals surface area contributed by atoms with Crippen LogP contribution in [0, 0.1) is 0 Å². The lowest BCUT2D eigenvalue weighted by Crippen LogP contribution is -2.44. The number of hydrogen-bond acceptors (Lipinski definition) is 6. The summed E-state index contributed by atoms with van der Waals surface area (Å²) in [6, 6.07) is 15.6. The van der Waals surface area contributed by atoms with Crippen LogP contribution in [0.2, 0.25) is 0 Å². The minimum atomic E-state index is -0.624. The molecule has 8 nitrogen and oxygen atoms in total. The van der Waals surface area contributed by atoms with E-state index in [9.17, 15) is 9.59 Å². The first-order chi connectivity index (χ1) is 18.7. The number of fused-ring (bicyclic) bond motifs is 1. The van der Waals surface area contributed by atoms with Gasteiger partial charge in [-0.25, -0.2) is 14.3 Å². The van der Waals surface area contributed by atoms with Gasteiger partial charge in [0, 0.05) is 48.2 Å². The van der Waals surface area contributed by atoms with Gasteiger partial charge >= 0.3 is 6.09 Å². The van der Waals surface area contributed by atoms with Crippen LogP contribution in [-0.2, 0) is 22.4 Å². The third-order valence-electron chi connectivity index (χ3n) is 6.66. The molecule has 4 aromatic rings. The van der Waals surface area contributed by atoms with E-state index in [4.69, 9.17) is 9.47 Å². The fraction of sp³-hybridized carbons (Fsp3) is 0.367. The number of nitrogens with zero attached hydrogens (tertiary/aromatic N) is 2. The first-order valence-electron chi connectivity index (χ1n) is 13.3. The van der Waals surface area contributed by atoms with Crippen molar-refractivity contribution in [3.05, 3.63) is 71.4 Å². The van der Waals surface area contributed by atoms with Gasteiger partial charge in [-0.05, 0) is 67.6 Å². The number of carbonyl (C=O) groups is 2. The molecule has 0 atom stereocenters. The molecule has 39 heavy (non-hydrogen) atoms. The van der Waals surface area contributed by atoms with Crippen LogP contribution in [0.1, 0.15) is 36.7 Å². The van der Waals surface area contributed by atoms with Crippen LogP contribution in [0.4, 0.5) is 10.5 Å². The molecule has 0 unspecified atom stereocenters. The molecule has 204 valence electrons. The Balaban J connectivity index is 1.34. The number of aromatic amines is 1. The predicted octanol–water partition coefficient (Wildman–Crippen LogP) is 5.29. The Morgan fingerprint density at radius 2 is 1.95 bits per heavy atom. The van der Waals surface area contributed by atoms with Crippen molar-refractivity contribution >= 4 is 39.9 Å². The van der Waals surface area contributed by atoms with E-state index in [-0.39, 0.29) is 12.2 Å². The number of ether oxygens (including phenoxy) is 2. The molecule has 0 aliphatic carbocycles. The van der Waals surface area contributed by atoms with Gasteiger partial charge in [-0.3, -0.25) is 15.0 Å². The average Bonchev–Trinajstić information content (AvgIpc) is 3.58. The zero-order chi connectivity index (χ0) is 27.4. The quantitative estimate of drug-likeness (QED) is 0.231. The molecule has 0 radical (unpaired) electrons. The van der Waals surface area contributed by atoms with E-state index < -0.39 is 11.7 Å². The fourth-order valence-corrected chi connectivity index (χ4v) is 5.42. The second-order valence-electron chi connectivity index (χ2n) is 10.7. The second kappa shape index (κ2) is 11.7. The molecule has 2 N–H and O–H groups in total. The third-order valence-corrected chi connectivity index (χ3v) is 7.58. The Morgan fingerprint density at radius 1 is 1.13 bits per heavy atom. The van der Waals surface area contributed by atoms with Gasteiger partial charge < -0.3 is 9.47 Å². The van der Waals surface area contributed by atoms with Gasteiger partial charge in [-0.1, -0.05) is 12.1 Å². The van der Waals surface area contributed by atoms with E-state index in [0.717, 1.165) is 66.4 Å². The lowest BCUT2D eigenvalue weighted by molar-refractivity contribution is -0.670. The molecule has 0 saturated carbocycles. The maximum Gasteiger partial charge on any atom is 0.412 e. The molecule has 2 aromatic heterocycles. The van der Waals surface area contributed by atoms with Crippen molar-refractivity contribution in [1.82, 2.24) is 9.88 Å². The zero-order valence-corrected chi connectivity index (χ0v) is 23.5. The van der Waals surface area contributed by atoms with Crippen molar-refractivity contribution < 1.29 is 23.6 Å². The number of aromatic nitrogens is 2. The van der Waals surface area contributed by atoms with Crippen LogP contribution in [0.25, 0.3) is 21.5 Å². The summed E-state index contributed by atoms with van der Waals surface area (Å²) in [5.74, 6) is -0.0260. The molecule has 3 heterocycles. The number of rotatable bonds is 8. The minimum absolute atomic E-state index is 0.0260. The van der Waals surface area contributed by atoms with Crippen molar-refractivity contribution in [1.29, 1.82) is 0 Å². The molecule has 9 heteroatoms. The molecule has 0 spiro atoms. The molecular weight excluding hydrogens is 512 g/mol. The van der Waals surface area contributed by atoms with E-state index in [1.54, 1.807) is 11.3 Å². The normalized spacial score (nSPS) is 14.4. The number of hydrogen-bond donors (Lipinski definition) is 2. The van der Waals surface area contributed by atoms with Crippen LogP contribution in [0.15, 0.2) is 60.2 Å². The Labute approximate surface area is 232 Å². The van der Waals surface area contributed by atoms with Crippen LogP contribution >= 0.6 is 11.3 Å². The number of morpholine rings is 1. The van der Waals surface area contributed by atoms with Gasteiger partial charge in [-0.2, -0.15) is 0 Å². The maximum absolute atomic E-state index is 13.5. The Kier molecular flexibility index (Phi) is 8.11. The molecule has 1 saturated heterocycles. The first-order valence-corrected chi connectivity index (χ1v) is 14.1. The molecule has 1 amide bonds. The van der Waals surface area contributed by atoms with Gasteiger partial charge in [0.15, 0.2) is 16.8 Å². The number of benzene rings is 2. The number of thiophene rings is 1. The summed E-state index contributed by atoms with van der Waals surface area (Å²) in [6.07, 6.45) is 1.56. The number of amides is 1. The van der Waals surface area contributed by atoms with Crippen LogP contribution < -0.4 is 9.88 Å². The molecule has 2 aromatic carbocycles. The number of Topliss-reactive ketones (excluding diaryl/α,β-unsaturated/α-hetero) is 1. The van der Waals surface area contributed by atoms with E-state index in [0.29, 0.717) is 11.3 Å². The van der Waals surface area contributed by atoms with Gasteiger partial charge in [0.25, 0.3) is 0 Å². The van der Waals surface area contributed by atoms with Gasteiger partial charge in [0.2, 0.25) is 6.33 Å². The zero-order valence-electron chi connectivity index (χ0n) is 22.7. The highest BCUT2D eigenvalue weighted by Crippen LogP contribution is 2.30. The smallest absolute Gasteiger partial charge is 0.412 e. The van der Waals surface area contributed by atoms with Crippen LogP contribution in [-0.4, -0.2) is 60.2 Å². The van der Waals surface area contributed by atoms with Crippen molar-refractivity contribution in [2.75, 3.05) is 38.2 Å². The number of H-pyrrole nitrogens is 1. The van der Waals surface area contributed by atoms with Gasteiger partial charge in [-0.15, -0.1) is 11.3 Å². The maximum atomic E-state index is 13.5. The van der Waals surface area contributed by atoms with Gasteiger partial charge in [0.05, 0.1) is 13.2 Å². The third kappa shape index (κ3) is 6.92. The van der Waals surface area contributed by atoms with E-state index in [1.165, 1.54) is 0 Å². The summed E-state index contributed by atoms with van der Waals surface area (Å²) in [4.78, 5) is 32.8. The Morgan fingerprint density at radius 3 is 2.69 bits per heavy atom. The number of nitrogens with one attached hydrogen (secondary N) is 2. The lowest BCUT2D eigenvalue weighted by atomic mass is 9.99. The molecule has 1 aliphatic rings.